The van der Waals surface area contributed by atoms with Gasteiger partial charge in [-0.05, 0) is 35.8 Å². The number of nitrogens with one attached hydrogen (secondary N) is 2. The molecule has 4 N–H and O–H groups in total. The van der Waals surface area contributed by atoms with Crippen molar-refractivity contribution in [3.05, 3.63) is 83.4 Å². The van der Waals surface area contributed by atoms with Gasteiger partial charge in [0, 0.05) is 29.0 Å². The maximum absolute atomic E-state index is 14.0. The average molecular weight is 386 g/mol. The van der Waals surface area contributed by atoms with E-state index in [-0.39, 0.29) is 11.9 Å². The lowest BCUT2D eigenvalue weighted by Gasteiger charge is -2.25. The van der Waals surface area contributed by atoms with Crippen LogP contribution >= 0.6 is 0 Å². The number of H-pyrrole nitrogens is 1. The van der Waals surface area contributed by atoms with Crippen LogP contribution in [0.1, 0.15) is 34.1 Å². The molecular formula is C23H19FN4O. The summed E-state index contributed by atoms with van der Waals surface area (Å²) in [5.74, 6) is -0.905. The zero-order valence-electron chi connectivity index (χ0n) is 15.6. The molecule has 0 radical (unpaired) electrons. The van der Waals surface area contributed by atoms with Crippen molar-refractivity contribution >= 4 is 33.3 Å². The molecule has 0 saturated heterocycles. The summed E-state index contributed by atoms with van der Waals surface area (Å²) in [5, 5.41) is 4.92. The molecule has 2 aromatic carbocycles. The van der Waals surface area contributed by atoms with Crippen LogP contribution in [0.5, 0.6) is 0 Å². The molecule has 5 rings (SSSR count). The Morgan fingerprint density at radius 3 is 2.79 bits per heavy atom. The normalized spacial score (nSPS) is 16.9. The van der Waals surface area contributed by atoms with E-state index in [1.165, 1.54) is 29.5 Å². The van der Waals surface area contributed by atoms with Crippen LogP contribution in [0.3, 0.4) is 0 Å². The Morgan fingerprint density at radius 2 is 2.00 bits per heavy atom. The van der Waals surface area contributed by atoms with Crippen molar-refractivity contribution < 1.29 is 9.18 Å². The molecule has 0 saturated carbocycles. The van der Waals surface area contributed by atoms with Crippen molar-refractivity contribution in [2.45, 2.75) is 12.5 Å². The Labute approximate surface area is 166 Å². The number of pyridine rings is 1. The molecule has 0 bridgehead atoms. The van der Waals surface area contributed by atoms with E-state index in [0.29, 0.717) is 23.0 Å². The zero-order chi connectivity index (χ0) is 20.0. The molecule has 144 valence electrons. The number of nitrogens with zero attached hydrogens (tertiary/aromatic N) is 1. The first kappa shape index (κ1) is 17.6. The van der Waals surface area contributed by atoms with Crippen molar-refractivity contribution in [1.82, 2.24) is 15.3 Å². The summed E-state index contributed by atoms with van der Waals surface area (Å²) in [6.45, 7) is 0.701. The molecule has 1 aliphatic rings. The summed E-state index contributed by atoms with van der Waals surface area (Å²) in [4.78, 5) is 19.8. The van der Waals surface area contributed by atoms with E-state index in [2.05, 4.69) is 33.5 Å². The molecule has 1 amide bonds. The Kier molecular flexibility index (Phi) is 4.14. The summed E-state index contributed by atoms with van der Waals surface area (Å²) in [7, 11) is 0. The van der Waals surface area contributed by atoms with Crippen molar-refractivity contribution in [2.24, 2.45) is 5.73 Å². The van der Waals surface area contributed by atoms with Crippen molar-refractivity contribution in [1.29, 1.82) is 0 Å². The summed E-state index contributed by atoms with van der Waals surface area (Å²) in [6, 6.07) is 14.7. The van der Waals surface area contributed by atoms with Gasteiger partial charge < -0.3 is 16.0 Å². The summed E-state index contributed by atoms with van der Waals surface area (Å²) >= 11 is 0. The van der Waals surface area contributed by atoms with Crippen LogP contribution in [0.4, 0.5) is 4.39 Å². The minimum atomic E-state index is -0.567. The van der Waals surface area contributed by atoms with Gasteiger partial charge in [0.05, 0.1) is 22.8 Å². The molecule has 3 heterocycles. The minimum absolute atomic E-state index is 0.0677. The fourth-order valence-electron chi connectivity index (χ4n) is 4.13. The summed E-state index contributed by atoms with van der Waals surface area (Å²) in [6.07, 6.45) is 4.42. The van der Waals surface area contributed by atoms with Crippen molar-refractivity contribution in [3.63, 3.8) is 0 Å². The van der Waals surface area contributed by atoms with Gasteiger partial charge in [-0.3, -0.25) is 9.78 Å². The van der Waals surface area contributed by atoms with E-state index in [1.807, 2.05) is 18.2 Å². The fourth-order valence-corrected chi connectivity index (χ4v) is 4.13. The molecule has 0 spiro atoms. The highest BCUT2D eigenvalue weighted by molar-refractivity contribution is 6.15. The maximum atomic E-state index is 14.0. The lowest BCUT2D eigenvalue weighted by Crippen LogP contribution is -2.27. The van der Waals surface area contributed by atoms with E-state index in [9.17, 15) is 9.18 Å². The van der Waals surface area contributed by atoms with Gasteiger partial charge in [0.25, 0.3) is 5.91 Å². The third-order valence-corrected chi connectivity index (χ3v) is 5.50. The first-order valence-corrected chi connectivity index (χ1v) is 9.49. The Hall–Kier alpha value is -3.51. The van der Waals surface area contributed by atoms with Crippen LogP contribution in [0.25, 0.3) is 27.4 Å². The molecule has 1 atom stereocenters. The third-order valence-electron chi connectivity index (χ3n) is 5.50. The predicted molar refractivity (Wildman–Crippen MR) is 112 cm³/mol. The molecule has 2 aromatic heterocycles. The number of fused-ring (bicyclic) bond motifs is 3. The topological polar surface area (TPSA) is 83.8 Å². The van der Waals surface area contributed by atoms with Crippen LogP contribution < -0.4 is 11.1 Å². The summed E-state index contributed by atoms with van der Waals surface area (Å²) < 4.78 is 14.0. The molecule has 1 aliphatic heterocycles. The molecule has 0 fully saturated rings. The zero-order valence-corrected chi connectivity index (χ0v) is 15.6. The van der Waals surface area contributed by atoms with Crippen LogP contribution in [0.15, 0.2) is 60.8 Å². The van der Waals surface area contributed by atoms with Crippen molar-refractivity contribution in [3.8, 4) is 0 Å². The molecule has 0 aliphatic carbocycles. The number of amides is 1. The fraction of sp³-hybridized carbons (Fsp3) is 0.130. The predicted octanol–water partition coefficient (Wildman–Crippen LogP) is 4.07. The van der Waals surface area contributed by atoms with E-state index < -0.39 is 5.91 Å². The van der Waals surface area contributed by atoms with Crippen LogP contribution in [0.2, 0.25) is 0 Å². The number of carbonyl (C=O) groups is 1. The first-order chi connectivity index (χ1) is 14.1. The van der Waals surface area contributed by atoms with E-state index in [1.54, 1.807) is 6.07 Å². The second-order valence-electron chi connectivity index (χ2n) is 7.25. The first-order valence-electron chi connectivity index (χ1n) is 9.49. The van der Waals surface area contributed by atoms with Gasteiger partial charge in [-0.1, -0.05) is 36.4 Å². The SMILES string of the molecule is NC(=O)c1cnc(C2CC(c3ccccc3)=CCN2)c2c1[nH]c1ccc(F)cc12. The van der Waals surface area contributed by atoms with Gasteiger partial charge in [0.1, 0.15) is 5.82 Å². The number of rotatable bonds is 3. The number of benzene rings is 2. The molecule has 4 aromatic rings. The van der Waals surface area contributed by atoms with Crippen LogP contribution in [-0.2, 0) is 0 Å². The number of nitrogens with two attached hydrogens (primary N) is 1. The number of halogens is 1. The van der Waals surface area contributed by atoms with Gasteiger partial charge in [0.15, 0.2) is 0 Å². The Balaban J connectivity index is 1.68. The summed E-state index contributed by atoms with van der Waals surface area (Å²) in [5.41, 5.74) is 10.4. The number of aromatic amines is 1. The average Bonchev–Trinajstić information content (AvgIpc) is 3.12. The van der Waals surface area contributed by atoms with Gasteiger partial charge in [-0.25, -0.2) is 4.39 Å². The van der Waals surface area contributed by atoms with Gasteiger partial charge in [0.2, 0.25) is 0 Å². The second kappa shape index (κ2) is 6.83. The highest BCUT2D eigenvalue weighted by Gasteiger charge is 2.25. The van der Waals surface area contributed by atoms with Gasteiger partial charge >= 0.3 is 0 Å². The number of carbonyl (C=O) groups excluding carboxylic acids is 1. The molecule has 29 heavy (non-hydrogen) atoms. The molecular weight excluding hydrogens is 367 g/mol. The quantitative estimate of drug-likeness (QED) is 0.496. The largest absolute Gasteiger partial charge is 0.365 e. The monoisotopic (exact) mass is 386 g/mol. The molecule has 1 unspecified atom stereocenters. The van der Waals surface area contributed by atoms with Crippen LogP contribution in [0, 0.1) is 5.82 Å². The molecule has 6 heteroatoms. The highest BCUT2D eigenvalue weighted by atomic mass is 19.1. The third kappa shape index (κ3) is 2.98. The van der Waals surface area contributed by atoms with E-state index in [0.717, 1.165) is 23.0 Å². The Bertz CT molecular complexity index is 1280. The second-order valence-corrected chi connectivity index (χ2v) is 7.25. The number of aromatic nitrogens is 2. The molecule has 5 nitrogen and oxygen atoms in total. The number of primary amides is 1. The smallest absolute Gasteiger partial charge is 0.252 e. The minimum Gasteiger partial charge on any atom is -0.365 e. The van der Waals surface area contributed by atoms with Crippen molar-refractivity contribution in [2.75, 3.05) is 6.54 Å². The van der Waals surface area contributed by atoms with E-state index in [4.69, 9.17) is 5.73 Å². The number of hydrogen-bond donors (Lipinski definition) is 3. The van der Waals surface area contributed by atoms with E-state index >= 15 is 0 Å². The standard InChI is InChI=1S/C23H19FN4O/c24-15-6-7-18-16(11-15)20-21(28-18)17(23(25)29)12-27-22(20)19-10-14(8-9-26-19)13-4-2-1-3-5-13/h1-8,11-12,19,26,28H,9-10H2,(H2,25,29). The highest BCUT2D eigenvalue weighted by Crippen LogP contribution is 2.37. The maximum Gasteiger partial charge on any atom is 0.252 e. The number of hydrogen-bond acceptors (Lipinski definition) is 3. The lowest BCUT2D eigenvalue weighted by molar-refractivity contribution is 0.100. The lowest BCUT2D eigenvalue weighted by atomic mass is 9.92. The van der Waals surface area contributed by atoms with Gasteiger partial charge in [-0.2, -0.15) is 0 Å². The van der Waals surface area contributed by atoms with Gasteiger partial charge in [-0.15, -0.1) is 0 Å². The van der Waals surface area contributed by atoms with Crippen LogP contribution in [-0.4, -0.2) is 22.4 Å². The Morgan fingerprint density at radius 1 is 1.17 bits per heavy atom.